The molecule has 1 aliphatic heterocycles. The summed E-state index contributed by atoms with van der Waals surface area (Å²) in [6.07, 6.45) is 2.76. The molecule has 8 heteroatoms. The molecular formula is C22H29N5O2S. The number of hydrogen-bond donors (Lipinski definition) is 0. The van der Waals surface area contributed by atoms with Crippen molar-refractivity contribution in [1.82, 2.24) is 19.7 Å². The molecule has 1 aliphatic rings. The van der Waals surface area contributed by atoms with E-state index in [1.165, 1.54) is 11.1 Å². The molecule has 0 atom stereocenters. The van der Waals surface area contributed by atoms with E-state index in [2.05, 4.69) is 36.0 Å². The van der Waals surface area contributed by atoms with Crippen LogP contribution in [0.5, 0.6) is 0 Å². The van der Waals surface area contributed by atoms with Crippen LogP contribution in [0.15, 0.2) is 18.3 Å². The van der Waals surface area contributed by atoms with Crippen LogP contribution >= 0.6 is 11.3 Å². The Balaban J connectivity index is 1.60. The van der Waals surface area contributed by atoms with Gasteiger partial charge in [0.1, 0.15) is 0 Å². The quantitative estimate of drug-likeness (QED) is 0.604. The summed E-state index contributed by atoms with van der Waals surface area (Å²) in [5.41, 5.74) is 4.78. The highest BCUT2D eigenvalue weighted by molar-refractivity contribution is 7.22. The van der Waals surface area contributed by atoms with Gasteiger partial charge >= 0.3 is 0 Å². The van der Waals surface area contributed by atoms with Gasteiger partial charge in [-0.15, -0.1) is 0 Å². The van der Waals surface area contributed by atoms with Crippen LogP contribution in [0.2, 0.25) is 0 Å². The third-order valence-electron chi connectivity index (χ3n) is 5.64. The standard InChI is InChI=1S/C22H29N5O2S/c1-15-12-18-19(13-16(15)2)30-22(23-18)27(7-5-6-26-8-10-29-11-9-26)21(28)20-17(3)14-25(4)24-20/h12-14H,5-11H2,1-4H3. The number of hydrogen-bond acceptors (Lipinski definition) is 6. The number of anilines is 1. The molecule has 3 aromatic rings. The molecule has 7 nitrogen and oxygen atoms in total. The van der Waals surface area contributed by atoms with Gasteiger partial charge in [0.25, 0.3) is 5.91 Å². The van der Waals surface area contributed by atoms with Crippen molar-refractivity contribution in [3.8, 4) is 0 Å². The fourth-order valence-corrected chi connectivity index (χ4v) is 4.86. The predicted octanol–water partition coefficient (Wildman–Crippen LogP) is 3.32. The van der Waals surface area contributed by atoms with Gasteiger partial charge in [0.05, 0.1) is 23.4 Å². The predicted molar refractivity (Wildman–Crippen MR) is 121 cm³/mol. The van der Waals surface area contributed by atoms with Crippen LogP contribution in [0.4, 0.5) is 5.13 Å². The van der Waals surface area contributed by atoms with Gasteiger partial charge < -0.3 is 4.74 Å². The monoisotopic (exact) mass is 427 g/mol. The Morgan fingerprint density at radius 3 is 2.60 bits per heavy atom. The van der Waals surface area contributed by atoms with Crippen molar-refractivity contribution in [2.45, 2.75) is 27.2 Å². The van der Waals surface area contributed by atoms with Crippen molar-refractivity contribution >= 4 is 32.6 Å². The second-order valence-corrected chi connectivity index (χ2v) is 9.01. The van der Waals surface area contributed by atoms with Gasteiger partial charge in [-0.05, 0) is 50.5 Å². The SMILES string of the molecule is Cc1cc2nc(N(CCCN3CCOCC3)C(=O)c3nn(C)cc3C)sc2cc1C. The number of nitrogens with zero attached hydrogens (tertiary/aromatic N) is 5. The molecule has 0 radical (unpaired) electrons. The molecule has 1 saturated heterocycles. The van der Waals surface area contributed by atoms with Gasteiger partial charge in [-0.3, -0.25) is 19.3 Å². The fourth-order valence-electron chi connectivity index (χ4n) is 3.79. The molecule has 30 heavy (non-hydrogen) atoms. The molecule has 0 N–H and O–H groups in total. The molecule has 0 aliphatic carbocycles. The van der Waals surface area contributed by atoms with E-state index in [1.807, 2.05) is 25.1 Å². The van der Waals surface area contributed by atoms with Gasteiger partial charge in [-0.2, -0.15) is 5.10 Å². The number of thiazole rings is 1. The van der Waals surface area contributed by atoms with E-state index in [9.17, 15) is 4.79 Å². The maximum atomic E-state index is 13.5. The first-order chi connectivity index (χ1) is 14.4. The smallest absolute Gasteiger partial charge is 0.280 e. The van der Waals surface area contributed by atoms with Gasteiger partial charge in [0.2, 0.25) is 0 Å². The van der Waals surface area contributed by atoms with E-state index in [-0.39, 0.29) is 5.91 Å². The van der Waals surface area contributed by atoms with Gasteiger partial charge in [0, 0.05) is 45.0 Å². The Labute approximate surface area is 181 Å². The number of ether oxygens (including phenoxy) is 1. The molecule has 2 aromatic heterocycles. The molecule has 0 spiro atoms. The number of aryl methyl sites for hydroxylation is 4. The number of amides is 1. The highest BCUT2D eigenvalue weighted by atomic mass is 32.1. The van der Waals surface area contributed by atoms with Crippen molar-refractivity contribution in [2.24, 2.45) is 7.05 Å². The van der Waals surface area contributed by atoms with Crippen LogP contribution in [-0.4, -0.2) is 65.0 Å². The van der Waals surface area contributed by atoms with Crippen LogP contribution in [0, 0.1) is 20.8 Å². The van der Waals surface area contributed by atoms with Crippen LogP contribution in [-0.2, 0) is 11.8 Å². The molecule has 1 fully saturated rings. The van der Waals surface area contributed by atoms with Crippen molar-refractivity contribution in [3.05, 3.63) is 40.7 Å². The summed E-state index contributed by atoms with van der Waals surface area (Å²) in [5.74, 6) is -0.0809. The van der Waals surface area contributed by atoms with E-state index in [4.69, 9.17) is 9.72 Å². The van der Waals surface area contributed by atoms with E-state index in [0.29, 0.717) is 12.2 Å². The molecule has 160 valence electrons. The van der Waals surface area contributed by atoms with Crippen LogP contribution in [0.25, 0.3) is 10.2 Å². The van der Waals surface area contributed by atoms with Crippen molar-refractivity contribution < 1.29 is 9.53 Å². The number of benzene rings is 1. The normalized spacial score (nSPS) is 15.1. The zero-order valence-electron chi connectivity index (χ0n) is 18.1. The lowest BCUT2D eigenvalue weighted by atomic mass is 10.1. The van der Waals surface area contributed by atoms with Crippen LogP contribution < -0.4 is 4.90 Å². The second-order valence-electron chi connectivity index (χ2n) is 8.00. The Kier molecular flexibility index (Phi) is 6.17. The topological polar surface area (TPSA) is 63.5 Å². The van der Waals surface area contributed by atoms with Crippen LogP contribution in [0.3, 0.4) is 0 Å². The Hall–Kier alpha value is -2.29. The summed E-state index contributed by atoms with van der Waals surface area (Å²) in [4.78, 5) is 22.5. The first-order valence-corrected chi connectivity index (χ1v) is 11.2. The molecule has 0 saturated carbocycles. The third kappa shape index (κ3) is 4.40. The molecule has 1 amide bonds. The fraction of sp³-hybridized carbons (Fsp3) is 0.500. The van der Waals surface area contributed by atoms with Gasteiger partial charge in [-0.1, -0.05) is 11.3 Å². The summed E-state index contributed by atoms with van der Waals surface area (Å²) in [6.45, 7) is 11.2. The average molecular weight is 428 g/mol. The minimum atomic E-state index is -0.0809. The van der Waals surface area contributed by atoms with Crippen molar-refractivity contribution in [3.63, 3.8) is 0 Å². The zero-order chi connectivity index (χ0) is 21.3. The zero-order valence-corrected chi connectivity index (χ0v) is 19.0. The van der Waals surface area contributed by atoms with E-state index in [0.717, 1.165) is 60.2 Å². The highest BCUT2D eigenvalue weighted by Gasteiger charge is 2.25. The molecule has 4 rings (SSSR count). The minimum absolute atomic E-state index is 0.0809. The summed E-state index contributed by atoms with van der Waals surface area (Å²) in [7, 11) is 1.84. The van der Waals surface area contributed by atoms with E-state index in [1.54, 1.807) is 16.0 Å². The maximum absolute atomic E-state index is 13.5. The Morgan fingerprint density at radius 1 is 1.17 bits per heavy atom. The maximum Gasteiger partial charge on any atom is 0.280 e. The van der Waals surface area contributed by atoms with Crippen molar-refractivity contribution in [2.75, 3.05) is 44.3 Å². The number of morpholine rings is 1. The number of fused-ring (bicyclic) bond motifs is 1. The van der Waals surface area contributed by atoms with E-state index < -0.39 is 0 Å². The highest BCUT2D eigenvalue weighted by Crippen LogP contribution is 2.32. The summed E-state index contributed by atoms with van der Waals surface area (Å²) >= 11 is 1.58. The number of aromatic nitrogens is 3. The molecule has 3 heterocycles. The van der Waals surface area contributed by atoms with E-state index >= 15 is 0 Å². The first-order valence-electron chi connectivity index (χ1n) is 10.4. The van der Waals surface area contributed by atoms with Crippen LogP contribution in [0.1, 0.15) is 33.6 Å². The molecule has 1 aromatic carbocycles. The first kappa shape index (κ1) is 21.0. The average Bonchev–Trinajstić information content (AvgIpc) is 3.27. The number of carbonyl (C=O) groups is 1. The van der Waals surface area contributed by atoms with Gasteiger partial charge in [0.15, 0.2) is 10.8 Å². The summed E-state index contributed by atoms with van der Waals surface area (Å²) in [6, 6.07) is 4.27. The van der Waals surface area contributed by atoms with Gasteiger partial charge in [-0.25, -0.2) is 4.98 Å². The summed E-state index contributed by atoms with van der Waals surface area (Å²) in [5, 5.41) is 5.15. The second kappa shape index (κ2) is 8.83. The molecular weight excluding hydrogens is 398 g/mol. The lowest BCUT2D eigenvalue weighted by Crippen LogP contribution is -2.39. The lowest BCUT2D eigenvalue weighted by molar-refractivity contribution is 0.0376. The number of rotatable bonds is 6. The Bertz CT molecular complexity index is 1010. The Morgan fingerprint density at radius 2 is 1.90 bits per heavy atom. The van der Waals surface area contributed by atoms with Crippen molar-refractivity contribution in [1.29, 1.82) is 0 Å². The molecule has 0 bridgehead atoms. The summed E-state index contributed by atoms with van der Waals surface area (Å²) < 4.78 is 8.24. The third-order valence-corrected chi connectivity index (χ3v) is 6.68. The molecule has 0 unspecified atom stereocenters. The lowest BCUT2D eigenvalue weighted by Gasteiger charge is -2.27. The number of carbonyl (C=O) groups excluding carboxylic acids is 1. The minimum Gasteiger partial charge on any atom is -0.379 e. The largest absolute Gasteiger partial charge is 0.379 e.